The van der Waals surface area contributed by atoms with Gasteiger partial charge in [0.25, 0.3) is 0 Å². The standard InChI is InChI=1S/C11H9ClIN/c12-11-7-3-4-8-14(11)10-6-2-1-5-9(10)13/h1-8,11H. The van der Waals surface area contributed by atoms with Crippen molar-refractivity contribution in [1.29, 1.82) is 0 Å². The molecular formula is C11H9ClIN. The first-order valence-corrected chi connectivity index (χ1v) is 5.82. The summed E-state index contributed by atoms with van der Waals surface area (Å²) >= 11 is 8.49. The zero-order chi connectivity index (χ0) is 9.97. The number of rotatable bonds is 1. The third kappa shape index (κ3) is 1.96. The van der Waals surface area contributed by atoms with Crippen LogP contribution in [0.5, 0.6) is 0 Å². The lowest BCUT2D eigenvalue weighted by atomic mass is 10.2. The number of allylic oxidation sites excluding steroid dienone is 2. The van der Waals surface area contributed by atoms with Gasteiger partial charge in [-0.25, -0.2) is 0 Å². The van der Waals surface area contributed by atoms with Crippen LogP contribution in [0, 0.1) is 3.57 Å². The zero-order valence-corrected chi connectivity index (χ0v) is 10.3. The van der Waals surface area contributed by atoms with Gasteiger partial charge in [0.2, 0.25) is 0 Å². The Morgan fingerprint density at radius 3 is 2.71 bits per heavy atom. The van der Waals surface area contributed by atoms with Crippen molar-refractivity contribution in [2.24, 2.45) is 0 Å². The minimum absolute atomic E-state index is 0.0871. The Balaban J connectivity index is 2.36. The van der Waals surface area contributed by atoms with Crippen LogP contribution in [0.1, 0.15) is 0 Å². The molecule has 1 unspecified atom stereocenters. The molecule has 0 aliphatic carbocycles. The molecule has 1 aliphatic heterocycles. The van der Waals surface area contributed by atoms with Crippen molar-refractivity contribution in [1.82, 2.24) is 0 Å². The fraction of sp³-hybridized carbons (Fsp3) is 0.0909. The van der Waals surface area contributed by atoms with E-state index in [9.17, 15) is 0 Å². The van der Waals surface area contributed by atoms with Crippen molar-refractivity contribution < 1.29 is 0 Å². The van der Waals surface area contributed by atoms with Crippen LogP contribution in [0.4, 0.5) is 5.69 Å². The first-order valence-electron chi connectivity index (χ1n) is 4.31. The molecule has 3 heteroatoms. The van der Waals surface area contributed by atoms with Gasteiger partial charge in [-0.3, -0.25) is 0 Å². The van der Waals surface area contributed by atoms with Gasteiger partial charge >= 0.3 is 0 Å². The maximum absolute atomic E-state index is 6.17. The maximum atomic E-state index is 6.17. The smallest absolute Gasteiger partial charge is 0.127 e. The second-order valence-corrected chi connectivity index (χ2v) is 4.57. The summed E-state index contributed by atoms with van der Waals surface area (Å²) in [6.45, 7) is 0. The Morgan fingerprint density at radius 1 is 1.21 bits per heavy atom. The SMILES string of the molecule is ClC1C=CC=CN1c1ccccc1I. The molecule has 1 nitrogen and oxygen atoms in total. The number of hydrogen-bond donors (Lipinski definition) is 0. The van der Waals surface area contributed by atoms with Crippen LogP contribution < -0.4 is 4.90 Å². The van der Waals surface area contributed by atoms with E-state index in [1.807, 2.05) is 41.5 Å². The number of hydrogen-bond acceptors (Lipinski definition) is 1. The van der Waals surface area contributed by atoms with Crippen LogP contribution in [-0.2, 0) is 0 Å². The molecule has 0 amide bonds. The van der Waals surface area contributed by atoms with Crippen molar-refractivity contribution in [3.8, 4) is 0 Å². The molecule has 1 heterocycles. The van der Waals surface area contributed by atoms with E-state index in [0.29, 0.717) is 0 Å². The Hall–Kier alpha value is -0.480. The average Bonchev–Trinajstić information content (AvgIpc) is 2.20. The molecule has 0 saturated carbocycles. The second kappa shape index (κ2) is 4.36. The van der Waals surface area contributed by atoms with Crippen molar-refractivity contribution in [3.05, 3.63) is 52.3 Å². The fourth-order valence-electron chi connectivity index (χ4n) is 1.35. The van der Waals surface area contributed by atoms with E-state index in [0.717, 1.165) is 5.69 Å². The minimum Gasteiger partial charge on any atom is -0.327 e. The molecular weight excluding hydrogens is 308 g/mol. The van der Waals surface area contributed by atoms with Gasteiger partial charge in [-0.2, -0.15) is 0 Å². The van der Waals surface area contributed by atoms with Crippen LogP contribution in [0.15, 0.2) is 48.7 Å². The zero-order valence-electron chi connectivity index (χ0n) is 7.40. The van der Waals surface area contributed by atoms with Crippen molar-refractivity contribution in [3.63, 3.8) is 0 Å². The van der Waals surface area contributed by atoms with Crippen LogP contribution in [0.25, 0.3) is 0 Å². The van der Waals surface area contributed by atoms with Gasteiger partial charge in [0, 0.05) is 9.77 Å². The fourth-order valence-corrected chi connectivity index (χ4v) is 2.27. The Kier molecular flexibility index (Phi) is 3.13. The van der Waals surface area contributed by atoms with E-state index >= 15 is 0 Å². The van der Waals surface area contributed by atoms with Crippen molar-refractivity contribution in [2.45, 2.75) is 5.50 Å². The monoisotopic (exact) mass is 317 g/mol. The summed E-state index contributed by atoms with van der Waals surface area (Å²) in [5.41, 5.74) is 1.06. The van der Waals surface area contributed by atoms with Gasteiger partial charge in [-0.05, 0) is 46.9 Å². The molecule has 1 atom stereocenters. The number of alkyl halides is 1. The summed E-state index contributed by atoms with van der Waals surface area (Å²) in [4.78, 5) is 2.04. The normalized spacial score (nSPS) is 20.1. The topological polar surface area (TPSA) is 3.24 Å². The summed E-state index contributed by atoms with van der Waals surface area (Å²) in [7, 11) is 0. The summed E-state index contributed by atoms with van der Waals surface area (Å²) in [6, 6.07) is 8.19. The minimum atomic E-state index is -0.0871. The number of nitrogens with zero attached hydrogens (tertiary/aromatic N) is 1. The van der Waals surface area contributed by atoms with E-state index in [-0.39, 0.29) is 5.50 Å². The third-order valence-electron chi connectivity index (χ3n) is 2.02. The lowest BCUT2D eigenvalue weighted by Gasteiger charge is -2.26. The maximum Gasteiger partial charge on any atom is 0.127 e. The highest BCUT2D eigenvalue weighted by Gasteiger charge is 2.14. The van der Waals surface area contributed by atoms with E-state index in [1.54, 1.807) is 0 Å². The average molecular weight is 318 g/mol. The number of para-hydroxylation sites is 1. The predicted octanol–water partition coefficient (Wildman–Crippen LogP) is 3.75. The van der Waals surface area contributed by atoms with Crippen LogP contribution >= 0.6 is 34.2 Å². The molecule has 72 valence electrons. The molecule has 0 N–H and O–H groups in total. The lowest BCUT2D eigenvalue weighted by Crippen LogP contribution is -2.25. The molecule has 0 saturated heterocycles. The van der Waals surface area contributed by atoms with Gasteiger partial charge in [0.1, 0.15) is 5.50 Å². The number of anilines is 1. The van der Waals surface area contributed by atoms with Gasteiger partial charge in [-0.15, -0.1) is 0 Å². The predicted molar refractivity (Wildman–Crippen MR) is 69.6 cm³/mol. The molecule has 0 spiro atoms. The quantitative estimate of drug-likeness (QED) is 0.433. The molecule has 0 bridgehead atoms. The van der Waals surface area contributed by atoms with Gasteiger partial charge in [0.15, 0.2) is 0 Å². The van der Waals surface area contributed by atoms with Crippen LogP contribution in [0.3, 0.4) is 0 Å². The second-order valence-electron chi connectivity index (χ2n) is 2.96. The van der Waals surface area contributed by atoms with Crippen LogP contribution in [0.2, 0.25) is 0 Å². The van der Waals surface area contributed by atoms with Crippen molar-refractivity contribution in [2.75, 3.05) is 4.90 Å². The molecule has 1 aromatic rings. The highest BCUT2D eigenvalue weighted by atomic mass is 127. The summed E-state index contributed by atoms with van der Waals surface area (Å²) < 4.78 is 1.20. The molecule has 2 rings (SSSR count). The summed E-state index contributed by atoms with van der Waals surface area (Å²) in [5, 5.41) is 0. The van der Waals surface area contributed by atoms with E-state index in [1.165, 1.54) is 3.57 Å². The Morgan fingerprint density at radius 2 is 2.00 bits per heavy atom. The molecule has 1 aliphatic rings. The first kappa shape index (κ1) is 10.1. The van der Waals surface area contributed by atoms with Gasteiger partial charge < -0.3 is 4.90 Å². The van der Waals surface area contributed by atoms with E-state index in [2.05, 4.69) is 34.7 Å². The van der Waals surface area contributed by atoms with Crippen molar-refractivity contribution >= 4 is 39.9 Å². The number of benzene rings is 1. The first-order chi connectivity index (χ1) is 6.79. The lowest BCUT2D eigenvalue weighted by molar-refractivity contribution is 0.999. The molecule has 0 fully saturated rings. The highest BCUT2D eigenvalue weighted by molar-refractivity contribution is 14.1. The van der Waals surface area contributed by atoms with Gasteiger partial charge in [-0.1, -0.05) is 29.8 Å². The molecule has 14 heavy (non-hydrogen) atoms. The largest absolute Gasteiger partial charge is 0.327 e. The van der Waals surface area contributed by atoms with Crippen LogP contribution in [-0.4, -0.2) is 5.50 Å². The summed E-state index contributed by atoms with van der Waals surface area (Å²) in [5.74, 6) is 0. The molecule has 0 radical (unpaired) electrons. The highest BCUT2D eigenvalue weighted by Crippen LogP contribution is 2.27. The number of halogens is 2. The summed E-state index contributed by atoms with van der Waals surface area (Å²) in [6.07, 6.45) is 7.91. The third-order valence-corrected chi connectivity index (χ3v) is 3.29. The molecule has 1 aromatic carbocycles. The van der Waals surface area contributed by atoms with Gasteiger partial charge in [0.05, 0.1) is 5.69 Å². The Bertz CT molecular complexity index is 387. The molecule has 0 aromatic heterocycles. The van der Waals surface area contributed by atoms with E-state index < -0.39 is 0 Å². The van der Waals surface area contributed by atoms with E-state index in [4.69, 9.17) is 11.6 Å². The Labute approximate surface area is 102 Å².